The highest BCUT2D eigenvalue weighted by Gasteiger charge is 2.14. The zero-order valence-corrected chi connectivity index (χ0v) is 21.3. The van der Waals surface area contributed by atoms with Crippen LogP contribution in [0.4, 0.5) is 0 Å². The van der Waals surface area contributed by atoms with Gasteiger partial charge in [0.1, 0.15) is 11.5 Å². The minimum atomic E-state index is -0.736. The maximum absolute atomic E-state index is 12.7. The van der Waals surface area contributed by atoms with Crippen LogP contribution in [0.15, 0.2) is 126 Å². The summed E-state index contributed by atoms with van der Waals surface area (Å²) in [6.07, 6.45) is 0.774. The lowest BCUT2D eigenvalue weighted by Crippen LogP contribution is -2.33. The smallest absolute Gasteiger partial charge is 0.344 e. The number of rotatable bonds is 8. The molecule has 0 saturated heterocycles. The third-order valence-corrected chi connectivity index (χ3v) is 6.13. The molecular weight excluding hydrogens is 488 g/mol. The fraction of sp³-hybridized carbons (Fsp3) is 0.0606. The summed E-state index contributed by atoms with van der Waals surface area (Å²) < 4.78 is 11.3. The van der Waals surface area contributed by atoms with E-state index in [4.69, 9.17) is 9.47 Å². The van der Waals surface area contributed by atoms with Crippen molar-refractivity contribution in [2.45, 2.75) is 13.0 Å². The van der Waals surface area contributed by atoms with E-state index < -0.39 is 12.1 Å². The number of benzene rings is 5. The van der Waals surface area contributed by atoms with E-state index in [-0.39, 0.29) is 5.91 Å². The molecule has 0 fully saturated rings. The van der Waals surface area contributed by atoms with Gasteiger partial charge in [-0.15, -0.1) is 0 Å². The van der Waals surface area contributed by atoms with Crippen molar-refractivity contribution < 1.29 is 19.1 Å². The summed E-state index contributed by atoms with van der Waals surface area (Å²) in [6, 6.07) is 37.7. The second kappa shape index (κ2) is 11.9. The first-order chi connectivity index (χ1) is 19.1. The van der Waals surface area contributed by atoms with Crippen LogP contribution in [0.5, 0.6) is 11.5 Å². The predicted octanol–water partition coefficient (Wildman–Crippen LogP) is 6.64. The van der Waals surface area contributed by atoms with Crippen LogP contribution in [0.1, 0.15) is 22.8 Å². The molecule has 192 valence electrons. The molecule has 1 amide bonds. The molecule has 5 aromatic rings. The Hall–Kier alpha value is -5.23. The number of ether oxygens (including phenoxy) is 2. The van der Waals surface area contributed by atoms with E-state index in [1.54, 1.807) is 37.3 Å². The Bertz CT molecular complexity index is 1610. The molecule has 6 nitrogen and oxygen atoms in total. The topological polar surface area (TPSA) is 77.0 Å². The summed E-state index contributed by atoms with van der Waals surface area (Å²) in [6.45, 7) is 1.66. The zero-order chi connectivity index (χ0) is 27.0. The number of amides is 1. The molecule has 39 heavy (non-hydrogen) atoms. The van der Waals surface area contributed by atoms with Crippen LogP contribution in [0.25, 0.3) is 21.9 Å². The fourth-order valence-electron chi connectivity index (χ4n) is 4.06. The monoisotopic (exact) mass is 514 g/mol. The quantitative estimate of drug-likeness (QED) is 0.109. The highest BCUT2D eigenvalue weighted by atomic mass is 16.5. The summed E-state index contributed by atoms with van der Waals surface area (Å²) in [5.41, 5.74) is 5.91. The van der Waals surface area contributed by atoms with E-state index >= 15 is 0 Å². The van der Waals surface area contributed by atoms with Crippen LogP contribution in [-0.2, 0) is 4.79 Å². The molecule has 1 atom stereocenters. The van der Waals surface area contributed by atoms with Crippen molar-refractivity contribution >= 4 is 28.9 Å². The van der Waals surface area contributed by atoms with Crippen LogP contribution in [0.2, 0.25) is 0 Å². The predicted molar refractivity (Wildman–Crippen MR) is 153 cm³/mol. The van der Waals surface area contributed by atoms with Gasteiger partial charge < -0.3 is 9.47 Å². The zero-order valence-electron chi connectivity index (χ0n) is 21.3. The van der Waals surface area contributed by atoms with Crippen molar-refractivity contribution in [1.82, 2.24) is 5.43 Å². The SMILES string of the molecule is CC(Oc1ccc(-c2ccccc2)cc1)C(=O)N/N=C/c1ccc(OC(=O)c2cccc3ccccc23)cc1. The number of hydrazone groups is 1. The first-order valence-corrected chi connectivity index (χ1v) is 12.5. The molecule has 0 radical (unpaired) electrons. The molecule has 0 aliphatic rings. The molecule has 0 bridgehead atoms. The lowest BCUT2D eigenvalue weighted by Gasteiger charge is -2.13. The molecule has 0 aliphatic heterocycles. The van der Waals surface area contributed by atoms with Crippen molar-refractivity contribution in [2.24, 2.45) is 5.10 Å². The minimum Gasteiger partial charge on any atom is -0.481 e. The van der Waals surface area contributed by atoms with Gasteiger partial charge in [0, 0.05) is 0 Å². The van der Waals surface area contributed by atoms with Gasteiger partial charge in [-0.3, -0.25) is 4.79 Å². The number of esters is 1. The number of fused-ring (bicyclic) bond motifs is 1. The Labute approximate surface area is 226 Å². The third kappa shape index (κ3) is 6.37. The van der Waals surface area contributed by atoms with Crippen LogP contribution in [-0.4, -0.2) is 24.2 Å². The normalized spacial score (nSPS) is 11.7. The van der Waals surface area contributed by atoms with E-state index in [0.717, 1.165) is 27.5 Å². The largest absolute Gasteiger partial charge is 0.481 e. The second-order valence-electron chi connectivity index (χ2n) is 8.87. The van der Waals surface area contributed by atoms with E-state index in [1.807, 2.05) is 91.0 Å². The van der Waals surface area contributed by atoms with Gasteiger partial charge in [-0.25, -0.2) is 10.2 Å². The first kappa shape index (κ1) is 25.4. The Balaban J connectivity index is 1.12. The van der Waals surface area contributed by atoms with Gasteiger partial charge in [-0.05, 0) is 76.9 Å². The molecule has 5 rings (SSSR count). The highest BCUT2D eigenvalue weighted by molar-refractivity contribution is 6.05. The van der Waals surface area contributed by atoms with Crippen LogP contribution < -0.4 is 14.9 Å². The summed E-state index contributed by atoms with van der Waals surface area (Å²) in [5.74, 6) is 0.201. The average Bonchev–Trinajstić information content (AvgIpc) is 2.98. The number of nitrogens with zero attached hydrogens (tertiary/aromatic N) is 1. The number of hydrogen-bond acceptors (Lipinski definition) is 5. The van der Waals surface area contributed by atoms with E-state index in [1.165, 1.54) is 6.21 Å². The Morgan fingerprint density at radius 3 is 2.13 bits per heavy atom. The minimum absolute atomic E-state index is 0.376. The van der Waals surface area contributed by atoms with Gasteiger partial charge in [-0.2, -0.15) is 5.10 Å². The van der Waals surface area contributed by atoms with Crippen molar-refractivity contribution in [3.05, 3.63) is 132 Å². The van der Waals surface area contributed by atoms with Gasteiger partial charge >= 0.3 is 5.97 Å². The van der Waals surface area contributed by atoms with E-state index in [9.17, 15) is 9.59 Å². The molecular formula is C33H26N2O4. The number of nitrogens with one attached hydrogen (secondary N) is 1. The van der Waals surface area contributed by atoms with Crippen molar-refractivity contribution in [1.29, 1.82) is 0 Å². The number of carbonyl (C=O) groups excluding carboxylic acids is 2. The van der Waals surface area contributed by atoms with Gasteiger partial charge in [0.15, 0.2) is 6.10 Å². The third-order valence-electron chi connectivity index (χ3n) is 6.13. The lowest BCUT2D eigenvalue weighted by molar-refractivity contribution is -0.127. The van der Waals surface area contributed by atoms with Crippen LogP contribution in [0, 0.1) is 0 Å². The number of carbonyl (C=O) groups is 2. The molecule has 5 aromatic carbocycles. The van der Waals surface area contributed by atoms with E-state index in [2.05, 4.69) is 10.5 Å². The van der Waals surface area contributed by atoms with Crippen molar-refractivity contribution in [3.8, 4) is 22.6 Å². The average molecular weight is 515 g/mol. The Morgan fingerprint density at radius 1 is 0.718 bits per heavy atom. The molecule has 1 unspecified atom stereocenters. The van der Waals surface area contributed by atoms with Crippen molar-refractivity contribution in [2.75, 3.05) is 0 Å². The molecule has 0 heterocycles. The number of hydrogen-bond donors (Lipinski definition) is 1. The molecule has 0 aliphatic carbocycles. The maximum atomic E-state index is 12.7. The van der Waals surface area contributed by atoms with E-state index in [0.29, 0.717) is 17.1 Å². The van der Waals surface area contributed by atoms with Gasteiger partial charge in [-0.1, -0.05) is 78.9 Å². The second-order valence-corrected chi connectivity index (χ2v) is 8.87. The summed E-state index contributed by atoms with van der Waals surface area (Å²) in [4.78, 5) is 25.2. The van der Waals surface area contributed by atoms with Gasteiger partial charge in [0.25, 0.3) is 5.91 Å². The molecule has 6 heteroatoms. The summed E-state index contributed by atoms with van der Waals surface area (Å²) in [7, 11) is 0. The van der Waals surface area contributed by atoms with Gasteiger partial charge in [0.05, 0.1) is 11.8 Å². The first-order valence-electron chi connectivity index (χ1n) is 12.5. The highest BCUT2D eigenvalue weighted by Crippen LogP contribution is 2.23. The standard InChI is InChI=1S/C33H26N2O4/c1-23(38-28-20-16-26(17-21-28)25-8-3-2-4-9-25)32(36)35-34-22-24-14-18-29(19-15-24)39-33(37)31-13-7-11-27-10-5-6-12-30(27)31/h2-23H,1H3,(H,35,36)/b34-22+. The molecule has 1 N–H and O–H groups in total. The van der Waals surface area contributed by atoms with Crippen LogP contribution in [0.3, 0.4) is 0 Å². The Morgan fingerprint density at radius 2 is 1.36 bits per heavy atom. The Kier molecular flexibility index (Phi) is 7.74. The molecule has 0 aromatic heterocycles. The summed E-state index contributed by atoms with van der Waals surface area (Å²) in [5, 5.41) is 5.83. The summed E-state index contributed by atoms with van der Waals surface area (Å²) >= 11 is 0. The fourth-order valence-corrected chi connectivity index (χ4v) is 4.06. The molecule has 0 spiro atoms. The van der Waals surface area contributed by atoms with Gasteiger partial charge in [0.2, 0.25) is 0 Å². The van der Waals surface area contributed by atoms with Crippen LogP contribution >= 0.6 is 0 Å². The molecule has 0 saturated carbocycles. The van der Waals surface area contributed by atoms with Crippen molar-refractivity contribution in [3.63, 3.8) is 0 Å². The lowest BCUT2D eigenvalue weighted by atomic mass is 10.0. The maximum Gasteiger partial charge on any atom is 0.344 e.